The molecule has 0 saturated heterocycles. The van der Waals surface area contributed by atoms with Gasteiger partial charge in [0, 0.05) is 18.2 Å². The Kier molecular flexibility index (Phi) is 3.57. The summed E-state index contributed by atoms with van der Waals surface area (Å²) in [4.78, 5) is 0. The molecule has 1 fully saturated rings. The van der Waals surface area contributed by atoms with Crippen molar-refractivity contribution in [2.24, 2.45) is 5.73 Å². The molecule has 1 saturated carbocycles. The molecule has 0 amide bonds. The third-order valence-corrected chi connectivity index (χ3v) is 4.24. The zero-order valence-corrected chi connectivity index (χ0v) is 11.8. The highest BCUT2D eigenvalue weighted by molar-refractivity contribution is 6.33. The van der Waals surface area contributed by atoms with Gasteiger partial charge >= 0.3 is 6.18 Å². The molecule has 0 aliphatic heterocycles. The molecule has 2 heterocycles. The van der Waals surface area contributed by atoms with Gasteiger partial charge in [0.05, 0.1) is 10.6 Å². The molecule has 8 heteroatoms. The van der Waals surface area contributed by atoms with Gasteiger partial charge in [-0.3, -0.25) is 4.40 Å². The van der Waals surface area contributed by atoms with Crippen molar-refractivity contribution in [2.45, 2.75) is 43.8 Å². The number of hydrogen-bond donors (Lipinski definition) is 1. The lowest BCUT2D eigenvalue weighted by Crippen LogP contribution is -2.32. The minimum Gasteiger partial charge on any atom is -0.327 e. The molecular weight excluding hydrogens is 305 g/mol. The molecule has 2 unspecified atom stereocenters. The van der Waals surface area contributed by atoms with E-state index in [2.05, 4.69) is 10.2 Å². The predicted octanol–water partition coefficient (Wildman–Crippen LogP) is 3.39. The van der Waals surface area contributed by atoms with Crippen molar-refractivity contribution in [3.05, 3.63) is 28.7 Å². The Hall–Kier alpha value is -1.34. The van der Waals surface area contributed by atoms with Crippen LogP contribution in [0.5, 0.6) is 0 Å². The summed E-state index contributed by atoms with van der Waals surface area (Å²) in [5.74, 6) is 0.374. The van der Waals surface area contributed by atoms with E-state index in [0.29, 0.717) is 5.82 Å². The third kappa shape index (κ3) is 2.60. The van der Waals surface area contributed by atoms with Crippen LogP contribution in [0.1, 0.15) is 43.0 Å². The summed E-state index contributed by atoms with van der Waals surface area (Å²) in [7, 11) is 0. The number of pyridine rings is 1. The maximum atomic E-state index is 12.9. The highest BCUT2D eigenvalue weighted by atomic mass is 35.5. The Balaban J connectivity index is 2.13. The van der Waals surface area contributed by atoms with Gasteiger partial charge < -0.3 is 5.73 Å². The molecule has 2 aromatic rings. The van der Waals surface area contributed by atoms with E-state index in [0.717, 1.165) is 37.9 Å². The molecule has 2 N–H and O–H groups in total. The van der Waals surface area contributed by atoms with E-state index in [-0.39, 0.29) is 22.6 Å². The summed E-state index contributed by atoms with van der Waals surface area (Å²) >= 11 is 5.90. The smallest absolute Gasteiger partial charge is 0.327 e. The van der Waals surface area contributed by atoms with Gasteiger partial charge in [0.15, 0.2) is 5.65 Å². The lowest BCUT2D eigenvalue weighted by atomic mass is 9.84. The van der Waals surface area contributed by atoms with Gasteiger partial charge in [0.1, 0.15) is 5.82 Å². The molecule has 4 nitrogen and oxygen atoms in total. The van der Waals surface area contributed by atoms with Crippen LogP contribution >= 0.6 is 11.6 Å². The molecule has 0 bridgehead atoms. The largest absolute Gasteiger partial charge is 0.417 e. The molecule has 2 aromatic heterocycles. The second-order valence-electron chi connectivity index (χ2n) is 5.38. The van der Waals surface area contributed by atoms with Gasteiger partial charge in [-0.2, -0.15) is 13.2 Å². The fraction of sp³-hybridized carbons (Fsp3) is 0.538. The topological polar surface area (TPSA) is 56.2 Å². The third-order valence-electron chi connectivity index (χ3n) is 3.96. The van der Waals surface area contributed by atoms with E-state index in [1.54, 1.807) is 0 Å². The van der Waals surface area contributed by atoms with E-state index < -0.39 is 11.7 Å². The lowest BCUT2D eigenvalue weighted by Gasteiger charge is -2.27. The van der Waals surface area contributed by atoms with Crippen LogP contribution < -0.4 is 5.73 Å². The highest BCUT2D eigenvalue weighted by Crippen LogP contribution is 2.35. The van der Waals surface area contributed by atoms with E-state index in [1.165, 1.54) is 4.40 Å². The predicted molar refractivity (Wildman–Crippen MR) is 72.2 cm³/mol. The van der Waals surface area contributed by atoms with Gasteiger partial charge in [0.25, 0.3) is 0 Å². The Labute approximate surface area is 124 Å². The minimum absolute atomic E-state index is 0.0621. The van der Waals surface area contributed by atoms with Gasteiger partial charge in [-0.05, 0) is 18.9 Å². The molecule has 0 aromatic carbocycles. The van der Waals surface area contributed by atoms with Crippen LogP contribution in [0, 0.1) is 0 Å². The molecule has 114 valence electrons. The first-order chi connectivity index (χ1) is 9.88. The van der Waals surface area contributed by atoms with Crippen molar-refractivity contribution >= 4 is 17.2 Å². The second-order valence-corrected chi connectivity index (χ2v) is 5.79. The first-order valence-electron chi connectivity index (χ1n) is 6.75. The molecule has 2 atom stereocenters. The van der Waals surface area contributed by atoms with Gasteiger partial charge in [-0.25, -0.2) is 0 Å². The molecule has 0 radical (unpaired) electrons. The van der Waals surface area contributed by atoms with Crippen LogP contribution in [0.2, 0.25) is 5.02 Å². The van der Waals surface area contributed by atoms with Gasteiger partial charge in [-0.15, -0.1) is 10.2 Å². The van der Waals surface area contributed by atoms with Gasteiger partial charge in [-0.1, -0.05) is 24.4 Å². The van der Waals surface area contributed by atoms with Crippen LogP contribution in [0.15, 0.2) is 12.3 Å². The summed E-state index contributed by atoms with van der Waals surface area (Å²) in [6.07, 6.45) is 0.191. The Morgan fingerprint density at radius 2 is 1.95 bits per heavy atom. The average molecular weight is 319 g/mol. The van der Waals surface area contributed by atoms with Gasteiger partial charge in [0.2, 0.25) is 0 Å². The fourth-order valence-corrected chi connectivity index (χ4v) is 3.11. The number of halogens is 4. The molecule has 1 aliphatic rings. The fourth-order valence-electron chi connectivity index (χ4n) is 2.86. The SMILES string of the molecule is NC1CCCCC1c1nnc2c(Cl)cc(C(F)(F)F)cn12. The number of nitrogens with zero attached hydrogens (tertiary/aromatic N) is 3. The molecule has 1 aliphatic carbocycles. The lowest BCUT2D eigenvalue weighted by molar-refractivity contribution is -0.137. The molecule has 0 spiro atoms. The number of nitrogens with two attached hydrogens (primary N) is 1. The molecule has 3 rings (SSSR count). The number of aromatic nitrogens is 3. The average Bonchev–Trinajstić information content (AvgIpc) is 2.82. The van der Waals surface area contributed by atoms with E-state index >= 15 is 0 Å². The van der Waals surface area contributed by atoms with Crippen molar-refractivity contribution in [3.63, 3.8) is 0 Å². The first kappa shape index (κ1) is 14.6. The second kappa shape index (κ2) is 5.14. The summed E-state index contributed by atoms with van der Waals surface area (Å²) in [6.45, 7) is 0. The van der Waals surface area contributed by atoms with Crippen LogP contribution in [0.4, 0.5) is 13.2 Å². The van der Waals surface area contributed by atoms with Crippen molar-refractivity contribution in [3.8, 4) is 0 Å². The zero-order chi connectivity index (χ0) is 15.2. The quantitative estimate of drug-likeness (QED) is 0.877. The number of alkyl halides is 3. The van der Waals surface area contributed by atoms with Crippen LogP contribution in [0.25, 0.3) is 5.65 Å². The Morgan fingerprint density at radius 1 is 1.24 bits per heavy atom. The highest BCUT2D eigenvalue weighted by Gasteiger charge is 2.33. The van der Waals surface area contributed by atoms with E-state index in [9.17, 15) is 13.2 Å². The maximum Gasteiger partial charge on any atom is 0.417 e. The van der Waals surface area contributed by atoms with Crippen molar-refractivity contribution < 1.29 is 13.2 Å². The van der Waals surface area contributed by atoms with E-state index in [4.69, 9.17) is 17.3 Å². The van der Waals surface area contributed by atoms with Crippen LogP contribution in [-0.2, 0) is 6.18 Å². The summed E-state index contributed by atoms with van der Waals surface area (Å²) in [6, 6.07) is 0.760. The van der Waals surface area contributed by atoms with Crippen molar-refractivity contribution in [1.29, 1.82) is 0 Å². The Bertz CT molecular complexity index is 667. The van der Waals surface area contributed by atoms with Crippen molar-refractivity contribution in [2.75, 3.05) is 0 Å². The molecular formula is C13H14ClF3N4. The zero-order valence-electron chi connectivity index (χ0n) is 11.1. The van der Waals surface area contributed by atoms with Crippen molar-refractivity contribution in [1.82, 2.24) is 14.6 Å². The number of rotatable bonds is 1. The summed E-state index contributed by atoms with van der Waals surface area (Å²) < 4.78 is 40.1. The Morgan fingerprint density at radius 3 is 2.62 bits per heavy atom. The van der Waals surface area contributed by atoms with E-state index in [1.807, 2.05) is 0 Å². The standard InChI is InChI=1S/C13H14ClF3N4/c14-9-5-7(13(15,16)17)6-21-11(19-20-12(9)21)8-3-1-2-4-10(8)18/h5-6,8,10H,1-4,18H2. The molecule has 21 heavy (non-hydrogen) atoms. The number of fused-ring (bicyclic) bond motifs is 1. The summed E-state index contributed by atoms with van der Waals surface area (Å²) in [5.41, 5.74) is 5.51. The normalized spacial score (nSPS) is 23.7. The van der Waals surface area contributed by atoms with Crippen LogP contribution in [-0.4, -0.2) is 20.6 Å². The monoisotopic (exact) mass is 318 g/mol. The van der Waals surface area contributed by atoms with Crippen LogP contribution in [0.3, 0.4) is 0 Å². The maximum absolute atomic E-state index is 12.9. The summed E-state index contributed by atoms with van der Waals surface area (Å²) in [5, 5.41) is 7.88. The minimum atomic E-state index is -4.46. The number of hydrogen-bond acceptors (Lipinski definition) is 3. The first-order valence-corrected chi connectivity index (χ1v) is 7.12.